The second kappa shape index (κ2) is 7.15. The van der Waals surface area contributed by atoms with E-state index in [-0.39, 0.29) is 19.2 Å². The maximum absolute atomic E-state index is 11.7. The number of carbonyl (C=O) groups is 1. The summed E-state index contributed by atoms with van der Waals surface area (Å²) in [4.78, 5) is 11.7. The van der Waals surface area contributed by atoms with Gasteiger partial charge >= 0.3 is 0 Å². The van der Waals surface area contributed by atoms with Crippen LogP contribution in [-0.4, -0.2) is 25.5 Å². The number of ether oxygens (including phenoxy) is 2. The van der Waals surface area contributed by atoms with Gasteiger partial charge in [0.25, 0.3) is 5.91 Å². The molecule has 1 aliphatic heterocycles. The van der Waals surface area contributed by atoms with E-state index in [0.717, 1.165) is 15.7 Å². The second-order valence-electron chi connectivity index (χ2n) is 4.74. The van der Waals surface area contributed by atoms with Gasteiger partial charge in [0.2, 0.25) is 6.79 Å². The summed E-state index contributed by atoms with van der Waals surface area (Å²) in [5.74, 6) is 1.11. The molecule has 0 saturated carbocycles. The number of hydrazone groups is 1. The minimum absolute atomic E-state index is 0.143. The number of hydrogen-bond donors (Lipinski definition) is 2. The third-order valence-electron chi connectivity index (χ3n) is 3.11. The fourth-order valence-electron chi connectivity index (χ4n) is 1.98. The zero-order valence-corrected chi connectivity index (χ0v) is 13.7. The highest BCUT2D eigenvalue weighted by Gasteiger charge is 2.15. The number of para-hydroxylation sites is 1. The molecular formula is C16H14BrN3O3. The first kappa shape index (κ1) is 15.4. The molecule has 118 valence electrons. The molecule has 2 aromatic carbocycles. The zero-order valence-electron chi connectivity index (χ0n) is 12.1. The first-order valence-electron chi connectivity index (χ1n) is 6.92. The number of nitrogens with zero attached hydrogens (tertiary/aromatic N) is 1. The molecule has 7 heteroatoms. The number of anilines is 1. The normalized spacial score (nSPS) is 12.4. The molecule has 0 atom stereocenters. The standard InChI is InChI=1S/C16H14BrN3O3/c17-13-7-15-14(22-10-23-15)6-11(13)8-19-20-16(21)9-18-12-4-2-1-3-5-12/h1-8,18H,9-10H2,(H,20,21)/b19-8-. The Bertz CT molecular complexity index is 735. The fraction of sp³-hybridized carbons (Fsp3) is 0.125. The topological polar surface area (TPSA) is 72.0 Å². The first-order valence-corrected chi connectivity index (χ1v) is 7.71. The molecule has 0 unspecified atom stereocenters. The van der Waals surface area contributed by atoms with E-state index < -0.39 is 0 Å². The van der Waals surface area contributed by atoms with Crippen molar-refractivity contribution in [2.24, 2.45) is 5.10 Å². The van der Waals surface area contributed by atoms with Crippen LogP contribution in [0.15, 0.2) is 52.0 Å². The molecule has 1 heterocycles. The number of carbonyl (C=O) groups excluding carboxylic acids is 1. The number of benzene rings is 2. The smallest absolute Gasteiger partial charge is 0.259 e. The molecule has 0 saturated heterocycles. The molecule has 0 fully saturated rings. The van der Waals surface area contributed by atoms with Gasteiger partial charge < -0.3 is 14.8 Å². The lowest BCUT2D eigenvalue weighted by atomic mass is 10.2. The molecular weight excluding hydrogens is 362 g/mol. The van der Waals surface area contributed by atoms with Crippen LogP contribution in [0.4, 0.5) is 5.69 Å². The maximum atomic E-state index is 11.7. The summed E-state index contributed by atoms with van der Waals surface area (Å²) in [6.07, 6.45) is 1.55. The van der Waals surface area contributed by atoms with Crippen LogP contribution in [0.3, 0.4) is 0 Å². The van der Waals surface area contributed by atoms with Crippen LogP contribution in [0.25, 0.3) is 0 Å². The predicted molar refractivity (Wildman–Crippen MR) is 90.9 cm³/mol. The van der Waals surface area contributed by atoms with Crippen LogP contribution in [0, 0.1) is 0 Å². The van der Waals surface area contributed by atoms with Gasteiger partial charge in [0.1, 0.15) is 0 Å². The van der Waals surface area contributed by atoms with Gasteiger partial charge in [0.15, 0.2) is 11.5 Å². The molecule has 2 N–H and O–H groups in total. The highest BCUT2D eigenvalue weighted by Crippen LogP contribution is 2.36. The van der Waals surface area contributed by atoms with Crippen molar-refractivity contribution in [2.45, 2.75) is 0 Å². The van der Waals surface area contributed by atoms with E-state index in [2.05, 4.69) is 31.8 Å². The lowest BCUT2D eigenvalue weighted by Gasteiger charge is -2.05. The van der Waals surface area contributed by atoms with Crippen molar-refractivity contribution >= 4 is 33.7 Å². The van der Waals surface area contributed by atoms with Crippen LogP contribution in [0.5, 0.6) is 11.5 Å². The summed E-state index contributed by atoms with van der Waals surface area (Å²) >= 11 is 3.43. The van der Waals surface area contributed by atoms with E-state index in [4.69, 9.17) is 9.47 Å². The van der Waals surface area contributed by atoms with E-state index >= 15 is 0 Å². The number of fused-ring (bicyclic) bond motifs is 1. The quantitative estimate of drug-likeness (QED) is 0.622. The minimum atomic E-state index is -0.234. The molecule has 0 spiro atoms. The fourth-order valence-corrected chi connectivity index (χ4v) is 2.41. The van der Waals surface area contributed by atoms with E-state index in [1.165, 1.54) is 0 Å². The lowest BCUT2D eigenvalue weighted by molar-refractivity contribution is -0.119. The van der Waals surface area contributed by atoms with Gasteiger partial charge in [-0.25, -0.2) is 5.43 Å². The van der Waals surface area contributed by atoms with Gasteiger partial charge in [-0.05, 0) is 40.2 Å². The molecule has 1 amide bonds. The molecule has 1 aliphatic rings. The van der Waals surface area contributed by atoms with Gasteiger partial charge in [0.05, 0.1) is 12.8 Å². The summed E-state index contributed by atoms with van der Waals surface area (Å²) in [6.45, 7) is 0.355. The highest BCUT2D eigenvalue weighted by molar-refractivity contribution is 9.10. The van der Waals surface area contributed by atoms with Crippen molar-refractivity contribution < 1.29 is 14.3 Å². The summed E-state index contributed by atoms with van der Waals surface area (Å²) < 4.78 is 11.4. The monoisotopic (exact) mass is 375 g/mol. The van der Waals surface area contributed by atoms with E-state index in [1.54, 1.807) is 12.3 Å². The largest absolute Gasteiger partial charge is 0.454 e. The number of nitrogens with one attached hydrogen (secondary N) is 2. The minimum Gasteiger partial charge on any atom is -0.454 e. The molecule has 0 radical (unpaired) electrons. The lowest BCUT2D eigenvalue weighted by Crippen LogP contribution is -2.25. The molecule has 0 bridgehead atoms. The molecule has 2 aromatic rings. The number of halogens is 1. The van der Waals surface area contributed by atoms with Crippen LogP contribution in [0.2, 0.25) is 0 Å². The second-order valence-corrected chi connectivity index (χ2v) is 5.59. The number of amides is 1. The summed E-state index contributed by atoms with van der Waals surface area (Å²) in [5, 5.41) is 6.96. The van der Waals surface area contributed by atoms with Gasteiger partial charge in [-0.2, -0.15) is 5.10 Å². The Hall–Kier alpha value is -2.54. The first-order chi connectivity index (χ1) is 11.2. The van der Waals surface area contributed by atoms with Crippen LogP contribution in [-0.2, 0) is 4.79 Å². The number of rotatable bonds is 5. The van der Waals surface area contributed by atoms with Crippen molar-refractivity contribution in [3.63, 3.8) is 0 Å². The average molecular weight is 376 g/mol. The maximum Gasteiger partial charge on any atom is 0.259 e. The third-order valence-corrected chi connectivity index (χ3v) is 3.80. The summed E-state index contributed by atoms with van der Waals surface area (Å²) in [6, 6.07) is 13.1. The van der Waals surface area contributed by atoms with E-state index in [9.17, 15) is 4.79 Å². The average Bonchev–Trinajstić information content (AvgIpc) is 3.01. The van der Waals surface area contributed by atoms with Crippen molar-refractivity contribution in [3.8, 4) is 11.5 Å². The molecule has 3 rings (SSSR count). The summed E-state index contributed by atoms with van der Waals surface area (Å²) in [7, 11) is 0. The molecule has 23 heavy (non-hydrogen) atoms. The van der Waals surface area contributed by atoms with E-state index in [1.807, 2.05) is 36.4 Å². The Morgan fingerprint density at radius 3 is 2.74 bits per heavy atom. The van der Waals surface area contributed by atoms with Crippen LogP contribution in [0.1, 0.15) is 5.56 Å². The predicted octanol–water partition coefficient (Wildman–Crippen LogP) is 2.74. The van der Waals surface area contributed by atoms with Crippen molar-refractivity contribution in [3.05, 3.63) is 52.5 Å². The molecule has 0 aromatic heterocycles. The van der Waals surface area contributed by atoms with Crippen molar-refractivity contribution in [1.82, 2.24) is 5.43 Å². The Morgan fingerprint density at radius 1 is 1.22 bits per heavy atom. The van der Waals surface area contributed by atoms with Crippen molar-refractivity contribution in [1.29, 1.82) is 0 Å². The van der Waals surface area contributed by atoms with E-state index in [0.29, 0.717) is 11.5 Å². The Labute approximate surface area is 141 Å². The van der Waals surface area contributed by atoms with Gasteiger partial charge in [-0.15, -0.1) is 0 Å². The SMILES string of the molecule is O=C(CNc1ccccc1)N/N=C\c1cc2c(cc1Br)OCO2. The highest BCUT2D eigenvalue weighted by atomic mass is 79.9. The molecule has 0 aliphatic carbocycles. The summed E-state index contributed by atoms with van der Waals surface area (Å²) in [5.41, 5.74) is 4.13. The zero-order chi connectivity index (χ0) is 16.1. The third kappa shape index (κ3) is 4.01. The van der Waals surface area contributed by atoms with Crippen molar-refractivity contribution in [2.75, 3.05) is 18.7 Å². The van der Waals surface area contributed by atoms with Crippen LogP contribution >= 0.6 is 15.9 Å². The Morgan fingerprint density at radius 2 is 1.96 bits per heavy atom. The van der Waals surface area contributed by atoms with Gasteiger partial charge in [-0.3, -0.25) is 4.79 Å². The van der Waals surface area contributed by atoms with Crippen LogP contribution < -0.4 is 20.2 Å². The Kier molecular flexibility index (Phi) is 4.77. The van der Waals surface area contributed by atoms with Gasteiger partial charge in [0, 0.05) is 15.7 Å². The number of hydrogen-bond acceptors (Lipinski definition) is 5. The Balaban J connectivity index is 1.53. The molecule has 6 nitrogen and oxygen atoms in total. The van der Waals surface area contributed by atoms with Gasteiger partial charge in [-0.1, -0.05) is 18.2 Å².